The lowest BCUT2D eigenvalue weighted by molar-refractivity contribution is -0.135. The van der Waals surface area contributed by atoms with Gasteiger partial charge in [-0.3, -0.25) is 19.5 Å². The number of nitrogens with zero attached hydrogens (tertiary/aromatic N) is 5. The molecule has 0 atom stereocenters. The van der Waals surface area contributed by atoms with Gasteiger partial charge in [-0.1, -0.05) is 0 Å². The molecule has 8 nitrogen and oxygen atoms in total. The molecule has 5 heterocycles. The van der Waals surface area contributed by atoms with E-state index >= 15 is 0 Å². The van der Waals surface area contributed by atoms with Gasteiger partial charge in [0.2, 0.25) is 11.8 Å². The number of fused-ring (bicyclic) bond motifs is 1. The summed E-state index contributed by atoms with van der Waals surface area (Å²) in [6.45, 7) is 5.80. The van der Waals surface area contributed by atoms with Gasteiger partial charge < -0.3 is 10.2 Å². The van der Waals surface area contributed by atoms with Gasteiger partial charge in [0, 0.05) is 43.0 Å². The number of nitrogens with one attached hydrogen (secondary N) is 1. The van der Waals surface area contributed by atoms with Crippen molar-refractivity contribution in [2.75, 3.05) is 38.0 Å². The summed E-state index contributed by atoms with van der Waals surface area (Å²) in [7, 11) is 0. The summed E-state index contributed by atoms with van der Waals surface area (Å²) < 4.78 is 0. The normalized spacial score (nSPS) is 17.5. The summed E-state index contributed by atoms with van der Waals surface area (Å²) in [5, 5.41) is 5.87. The van der Waals surface area contributed by atoms with Gasteiger partial charge in [0.25, 0.3) is 0 Å². The molecule has 0 bridgehead atoms. The van der Waals surface area contributed by atoms with Crippen molar-refractivity contribution in [3.05, 3.63) is 35.7 Å². The van der Waals surface area contributed by atoms with Crippen molar-refractivity contribution in [1.82, 2.24) is 24.8 Å². The summed E-state index contributed by atoms with van der Waals surface area (Å²) in [5.41, 5.74) is 0.863. The molecule has 2 amide bonds. The van der Waals surface area contributed by atoms with Crippen LogP contribution in [0.5, 0.6) is 0 Å². The highest BCUT2D eigenvalue weighted by Gasteiger charge is 2.28. The van der Waals surface area contributed by atoms with E-state index in [0.29, 0.717) is 38.3 Å². The molecule has 0 spiro atoms. The van der Waals surface area contributed by atoms with Gasteiger partial charge >= 0.3 is 0 Å². The minimum atomic E-state index is -0.105. The zero-order valence-electron chi connectivity index (χ0n) is 18.8. The molecule has 0 aliphatic carbocycles. The van der Waals surface area contributed by atoms with Crippen LogP contribution < -0.4 is 5.32 Å². The van der Waals surface area contributed by atoms with Crippen molar-refractivity contribution in [2.24, 2.45) is 5.92 Å². The van der Waals surface area contributed by atoms with E-state index in [0.717, 1.165) is 39.4 Å². The van der Waals surface area contributed by atoms with Gasteiger partial charge in [-0.05, 0) is 63.2 Å². The molecule has 33 heavy (non-hydrogen) atoms. The largest absolute Gasteiger partial charge is 0.342 e. The molecule has 2 fully saturated rings. The second-order valence-electron chi connectivity index (χ2n) is 8.86. The predicted molar refractivity (Wildman–Crippen MR) is 129 cm³/mol. The van der Waals surface area contributed by atoms with Gasteiger partial charge in [-0.25, -0.2) is 9.97 Å². The molecular formula is C24H28N6O2S. The van der Waals surface area contributed by atoms with Crippen LogP contribution in [0.25, 0.3) is 21.3 Å². The first-order valence-electron chi connectivity index (χ1n) is 11.5. The van der Waals surface area contributed by atoms with E-state index in [1.165, 1.54) is 12.8 Å². The number of piperidine rings is 1. The number of carbonyl (C=O) groups excluding carboxylic acids is 2. The number of amides is 2. The van der Waals surface area contributed by atoms with Crippen LogP contribution in [0.15, 0.2) is 30.7 Å². The van der Waals surface area contributed by atoms with E-state index < -0.39 is 0 Å². The topological polar surface area (TPSA) is 91.3 Å². The van der Waals surface area contributed by atoms with Crippen molar-refractivity contribution < 1.29 is 9.59 Å². The number of aromatic nitrogens is 3. The highest BCUT2D eigenvalue weighted by atomic mass is 32.1. The SMILES string of the molecule is Cc1ncc(-c2cc3cc(NC(=O)C4CCN(C(=O)CN5CCCC5)CC4)ncc3cn2)s1. The fourth-order valence-electron chi connectivity index (χ4n) is 4.57. The zero-order valence-corrected chi connectivity index (χ0v) is 19.6. The maximum absolute atomic E-state index is 12.9. The van der Waals surface area contributed by atoms with Crippen LogP contribution in [0.2, 0.25) is 0 Å². The van der Waals surface area contributed by atoms with Gasteiger partial charge in [0.05, 0.1) is 22.1 Å². The Hall–Kier alpha value is -2.91. The Labute approximate surface area is 197 Å². The molecule has 5 rings (SSSR count). The number of carbonyl (C=O) groups is 2. The van der Waals surface area contributed by atoms with Gasteiger partial charge in [0.1, 0.15) is 5.82 Å². The van der Waals surface area contributed by atoms with E-state index in [4.69, 9.17) is 0 Å². The lowest BCUT2D eigenvalue weighted by Crippen LogP contribution is -2.45. The third-order valence-corrected chi connectivity index (χ3v) is 7.44. The molecule has 3 aromatic rings. The molecule has 0 radical (unpaired) electrons. The molecule has 2 saturated heterocycles. The quantitative estimate of drug-likeness (QED) is 0.623. The zero-order chi connectivity index (χ0) is 22.8. The van der Waals surface area contributed by atoms with Crippen molar-refractivity contribution in [3.63, 3.8) is 0 Å². The van der Waals surface area contributed by atoms with Crippen LogP contribution in [0.4, 0.5) is 5.82 Å². The third kappa shape index (κ3) is 5.04. The first kappa shape index (κ1) is 21.9. The fraction of sp³-hybridized carbons (Fsp3) is 0.458. The third-order valence-electron chi connectivity index (χ3n) is 6.50. The first-order valence-corrected chi connectivity index (χ1v) is 12.4. The molecule has 0 saturated carbocycles. The van der Waals surface area contributed by atoms with Crippen molar-refractivity contribution in [2.45, 2.75) is 32.6 Å². The standard InChI is InChI=1S/C24H28N6O2S/c1-16-25-14-21(33-16)20-10-18-11-22(27-13-19(18)12-26-20)28-24(32)17-4-8-30(9-5-17)23(31)15-29-6-2-3-7-29/h10-14,17H,2-9,15H2,1H3,(H,27,28,32). The lowest BCUT2D eigenvalue weighted by atomic mass is 9.96. The summed E-state index contributed by atoms with van der Waals surface area (Å²) in [5.74, 6) is 0.595. The molecule has 2 aliphatic rings. The maximum Gasteiger partial charge on any atom is 0.236 e. The minimum Gasteiger partial charge on any atom is -0.342 e. The van der Waals surface area contributed by atoms with Crippen LogP contribution in [-0.2, 0) is 9.59 Å². The Morgan fingerprint density at radius 1 is 1.00 bits per heavy atom. The number of likely N-dealkylation sites (tertiary alicyclic amines) is 2. The summed E-state index contributed by atoms with van der Waals surface area (Å²) in [4.78, 5) is 43.8. The van der Waals surface area contributed by atoms with E-state index in [-0.39, 0.29) is 17.7 Å². The van der Waals surface area contributed by atoms with Crippen LogP contribution in [-0.4, -0.2) is 69.3 Å². The van der Waals surface area contributed by atoms with E-state index in [2.05, 4.69) is 25.2 Å². The van der Waals surface area contributed by atoms with Crippen LogP contribution in [0, 0.1) is 12.8 Å². The number of aryl methyl sites for hydroxylation is 1. The highest BCUT2D eigenvalue weighted by molar-refractivity contribution is 7.15. The van der Waals surface area contributed by atoms with Crippen molar-refractivity contribution in [1.29, 1.82) is 0 Å². The monoisotopic (exact) mass is 464 g/mol. The first-order chi connectivity index (χ1) is 16.0. The molecule has 0 aromatic carbocycles. The number of rotatable bonds is 5. The summed E-state index contributed by atoms with van der Waals surface area (Å²) in [6, 6.07) is 3.89. The van der Waals surface area contributed by atoms with Crippen LogP contribution in [0.1, 0.15) is 30.7 Å². The van der Waals surface area contributed by atoms with Crippen LogP contribution >= 0.6 is 11.3 Å². The Kier molecular flexibility index (Phi) is 6.32. The predicted octanol–water partition coefficient (Wildman–Crippen LogP) is 3.33. The Morgan fingerprint density at radius 3 is 2.48 bits per heavy atom. The summed E-state index contributed by atoms with van der Waals surface area (Å²) in [6.07, 6.45) is 9.10. The van der Waals surface area contributed by atoms with E-state index in [9.17, 15) is 9.59 Å². The van der Waals surface area contributed by atoms with Gasteiger partial charge in [0.15, 0.2) is 0 Å². The molecule has 0 unspecified atom stereocenters. The van der Waals surface area contributed by atoms with Crippen molar-refractivity contribution in [3.8, 4) is 10.6 Å². The maximum atomic E-state index is 12.9. The Balaban J connectivity index is 1.19. The second kappa shape index (κ2) is 9.52. The molecular weight excluding hydrogens is 436 g/mol. The summed E-state index contributed by atoms with van der Waals surface area (Å²) >= 11 is 1.60. The van der Waals surface area contributed by atoms with Crippen molar-refractivity contribution >= 4 is 39.7 Å². The Morgan fingerprint density at radius 2 is 1.76 bits per heavy atom. The highest BCUT2D eigenvalue weighted by Crippen LogP contribution is 2.27. The smallest absolute Gasteiger partial charge is 0.236 e. The van der Waals surface area contributed by atoms with E-state index in [1.54, 1.807) is 23.7 Å². The average Bonchev–Trinajstić information content (AvgIpc) is 3.50. The molecule has 3 aromatic heterocycles. The number of hydrogen-bond acceptors (Lipinski definition) is 7. The molecule has 172 valence electrons. The lowest BCUT2D eigenvalue weighted by Gasteiger charge is -2.32. The number of pyridine rings is 2. The van der Waals surface area contributed by atoms with Gasteiger partial charge in [-0.15, -0.1) is 11.3 Å². The van der Waals surface area contributed by atoms with Crippen LogP contribution in [0.3, 0.4) is 0 Å². The Bertz CT molecular complexity index is 1160. The molecule has 1 N–H and O–H groups in total. The number of thiazole rings is 1. The molecule has 9 heteroatoms. The number of anilines is 1. The molecule has 2 aliphatic heterocycles. The van der Waals surface area contributed by atoms with Gasteiger partial charge in [-0.2, -0.15) is 0 Å². The second-order valence-corrected chi connectivity index (χ2v) is 10.1. The minimum absolute atomic E-state index is 0.0270. The number of hydrogen-bond donors (Lipinski definition) is 1. The van der Waals surface area contributed by atoms with E-state index in [1.807, 2.05) is 30.2 Å². The average molecular weight is 465 g/mol. The fourth-order valence-corrected chi connectivity index (χ4v) is 5.32.